The van der Waals surface area contributed by atoms with Crippen molar-refractivity contribution in [3.05, 3.63) is 57.0 Å². The topological polar surface area (TPSA) is 38.3 Å². The predicted molar refractivity (Wildman–Crippen MR) is 82.8 cm³/mol. The van der Waals surface area contributed by atoms with Crippen LogP contribution in [-0.4, -0.2) is 13.0 Å². The Morgan fingerprint density at radius 1 is 1.11 bits per heavy atom. The summed E-state index contributed by atoms with van der Waals surface area (Å²) in [6.45, 7) is 0. The molecule has 0 saturated carbocycles. The van der Waals surface area contributed by atoms with Crippen molar-refractivity contribution < 1.29 is 9.53 Å². The number of carbonyl (C=O) groups is 1. The minimum atomic E-state index is -0.156. The van der Waals surface area contributed by atoms with Gasteiger partial charge in [-0.2, -0.15) is 0 Å². The van der Waals surface area contributed by atoms with Gasteiger partial charge in [0.15, 0.2) is 0 Å². The molecule has 0 unspecified atom stereocenters. The van der Waals surface area contributed by atoms with Crippen LogP contribution in [0.1, 0.15) is 10.4 Å². The summed E-state index contributed by atoms with van der Waals surface area (Å²) >= 11 is 6.70. The number of amides is 1. The first kappa shape index (κ1) is 14.1. The summed E-state index contributed by atoms with van der Waals surface area (Å²) in [6.07, 6.45) is 0. The molecule has 0 aliphatic heterocycles. The molecule has 2 rings (SSSR count). The van der Waals surface area contributed by atoms with Crippen LogP contribution in [0.5, 0.6) is 5.75 Å². The van der Waals surface area contributed by atoms with E-state index >= 15 is 0 Å². The van der Waals surface area contributed by atoms with Crippen LogP contribution in [0, 0.1) is 0 Å². The van der Waals surface area contributed by atoms with Gasteiger partial charge in [-0.3, -0.25) is 4.79 Å². The van der Waals surface area contributed by atoms with Gasteiger partial charge in [0, 0.05) is 21.8 Å². The Balaban J connectivity index is 2.17. The maximum atomic E-state index is 12.0. The third-order valence-electron chi connectivity index (χ3n) is 2.52. The predicted octanol–water partition coefficient (Wildman–Crippen LogP) is 4.47. The molecule has 0 aliphatic carbocycles. The SMILES string of the molecule is COc1cc(NC(=O)c2ccc(Br)cc2)ccc1Br. The van der Waals surface area contributed by atoms with Crippen LogP contribution in [0.3, 0.4) is 0 Å². The standard InChI is InChI=1S/C14H11Br2NO2/c1-19-13-8-11(6-7-12(13)16)17-14(18)9-2-4-10(15)5-3-9/h2-8H,1H3,(H,17,18). The van der Waals surface area contributed by atoms with E-state index in [9.17, 15) is 4.79 Å². The van der Waals surface area contributed by atoms with Crippen molar-refractivity contribution in [1.29, 1.82) is 0 Å². The zero-order valence-electron chi connectivity index (χ0n) is 10.1. The molecule has 0 spiro atoms. The molecule has 2 aromatic carbocycles. The van der Waals surface area contributed by atoms with Crippen LogP contribution in [0.2, 0.25) is 0 Å². The lowest BCUT2D eigenvalue weighted by molar-refractivity contribution is 0.102. The van der Waals surface area contributed by atoms with E-state index in [-0.39, 0.29) is 5.91 Å². The molecule has 1 N–H and O–H groups in total. The normalized spacial score (nSPS) is 10.1. The molecule has 19 heavy (non-hydrogen) atoms. The monoisotopic (exact) mass is 383 g/mol. The number of hydrogen-bond acceptors (Lipinski definition) is 2. The largest absolute Gasteiger partial charge is 0.495 e. The highest BCUT2D eigenvalue weighted by molar-refractivity contribution is 9.10. The van der Waals surface area contributed by atoms with Gasteiger partial charge >= 0.3 is 0 Å². The van der Waals surface area contributed by atoms with E-state index in [4.69, 9.17) is 4.74 Å². The second kappa shape index (κ2) is 6.21. The van der Waals surface area contributed by atoms with E-state index in [1.54, 1.807) is 25.3 Å². The molecular weight excluding hydrogens is 374 g/mol. The van der Waals surface area contributed by atoms with Crippen molar-refractivity contribution in [1.82, 2.24) is 0 Å². The fourth-order valence-corrected chi connectivity index (χ4v) is 2.21. The Morgan fingerprint density at radius 3 is 2.42 bits per heavy atom. The third-order valence-corrected chi connectivity index (χ3v) is 3.70. The van der Waals surface area contributed by atoms with Gasteiger partial charge in [-0.15, -0.1) is 0 Å². The number of rotatable bonds is 3. The summed E-state index contributed by atoms with van der Waals surface area (Å²) in [5.74, 6) is 0.519. The molecule has 2 aromatic rings. The molecule has 0 atom stereocenters. The first-order valence-electron chi connectivity index (χ1n) is 5.50. The Bertz CT molecular complexity index is 597. The van der Waals surface area contributed by atoms with E-state index in [1.165, 1.54) is 0 Å². The van der Waals surface area contributed by atoms with Crippen molar-refractivity contribution in [2.75, 3.05) is 12.4 Å². The van der Waals surface area contributed by atoms with Crippen molar-refractivity contribution in [3.8, 4) is 5.75 Å². The van der Waals surface area contributed by atoms with Crippen LogP contribution in [0.25, 0.3) is 0 Å². The van der Waals surface area contributed by atoms with Gasteiger partial charge in [-0.25, -0.2) is 0 Å². The number of methoxy groups -OCH3 is 1. The van der Waals surface area contributed by atoms with Crippen molar-refractivity contribution in [2.45, 2.75) is 0 Å². The highest BCUT2D eigenvalue weighted by Crippen LogP contribution is 2.28. The Kier molecular flexibility index (Phi) is 4.61. The first-order valence-corrected chi connectivity index (χ1v) is 7.09. The maximum Gasteiger partial charge on any atom is 0.255 e. The van der Waals surface area contributed by atoms with Crippen LogP contribution in [0.4, 0.5) is 5.69 Å². The molecule has 1 amide bonds. The summed E-state index contributed by atoms with van der Waals surface area (Å²) in [5, 5.41) is 2.82. The van der Waals surface area contributed by atoms with Gasteiger partial charge in [-0.1, -0.05) is 15.9 Å². The number of ether oxygens (including phenoxy) is 1. The number of halogens is 2. The number of hydrogen-bond donors (Lipinski definition) is 1. The van der Waals surface area contributed by atoms with Gasteiger partial charge in [0.25, 0.3) is 5.91 Å². The molecule has 0 radical (unpaired) electrons. The number of benzene rings is 2. The number of anilines is 1. The lowest BCUT2D eigenvalue weighted by atomic mass is 10.2. The van der Waals surface area contributed by atoms with E-state index in [2.05, 4.69) is 37.2 Å². The summed E-state index contributed by atoms with van der Waals surface area (Å²) in [4.78, 5) is 12.0. The van der Waals surface area contributed by atoms with Crippen molar-refractivity contribution in [2.24, 2.45) is 0 Å². The summed E-state index contributed by atoms with van der Waals surface area (Å²) in [7, 11) is 1.58. The van der Waals surface area contributed by atoms with E-state index < -0.39 is 0 Å². The van der Waals surface area contributed by atoms with Gasteiger partial charge < -0.3 is 10.1 Å². The van der Waals surface area contributed by atoms with Gasteiger partial charge in [-0.05, 0) is 52.3 Å². The molecule has 0 heterocycles. The lowest BCUT2D eigenvalue weighted by Crippen LogP contribution is -2.11. The summed E-state index contributed by atoms with van der Waals surface area (Å²) < 4.78 is 6.97. The van der Waals surface area contributed by atoms with E-state index in [0.29, 0.717) is 17.0 Å². The van der Waals surface area contributed by atoms with Crippen LogP contribution >= 0.6 is 31.9 Å². The van der Waals surface area contributed by atoms with Crippen molar-refractivity contribution >= 4 is 43.5 Å². The molecule has 3 nitrogen and oxygen atoms in total. The average Bonchev–Trinajstić information content (AvgIpc) is 2.41. The fourth-order valence-electron chi connectivity index (χ4n) is 1.54. The highest BCUT2D eigenvalue weighted by Gasteiger charge is 2.07. The molecule has 0 bridgehead atoms. The van der Waals surface area contributed by atoms with Gasteiger partial charge in [0.2, 0.25) is 0 Å². The molecule has 0 aliphatic rings. The lowest BCUT2D eigenvalue weighted by Gasteiger charge is -2.08. The number of carbonyl (C=O) groups excluding carboxylic acids is 1. The molecule has 0 saturated heterocycles. The molecule has 5 heteroatoms. The summed E-state index contributed by atoms with van der Waals surface area (Å²) in [6, 6.07) is 12.6. The zero-order chi connectivity index (χ0) is 13.8. The molecule has 98 valence electrons. The Hall–Kier alpha value is -1.33. The molecule has 0 fully saturated rings. The zero-order valence-corrected chi connectivity index (χ0v) is 13.3. The Morgan fingerprint density at radius 2 is 1.79 bits per heavy atom. The molecular formula is C14H11Br2NO2. The highest BCUT2D eigenvalue weighted by atomic mass is 79.9. The minimum absolute atomic E-state index is 0.156. The smallest absolute Gasteiger partial charge is 0.255 e. The second-order valence-electron chi connectivity index (χ2n) is 3.81. The van der Waals surface area contributed by atoms with Crippen molar-refractivity contribution in [3.63, 3.8) is 0 Å². The van der Waals surface area contributed by atoms with Crippen LogP contribution in [0.15, 0.2) is 51.4 Å². The summed E-state index contributed by atoms with van der Waals surface area (Å²) in [5.41, 5.74) is 1.29. The fraction of sp³-hybridized carbons (Fsp3) is 0.0714. The first-order chi connectivity index (χ1) is 9.10. The van der Waals surface area contributed by atoms with E-state index in [1.807, 2.05) is 24.3 Å². The van der Waals surface area contributed by atoms with Crippen LogP contribution < -0.4 is 10.1 Å². The third kappa shape index (κ3) is 3.58. The maximum absolute atomic E-state index is 12.0. The van der Waals surface area contributed by atoms with Crippen LogP contribution in [-0.2, 0) is 0 Å². The van der Waals surface area contributed by atoms with Gasteiger partial charge in [0.1, 0.15) is 5.75 Å². The second-order valence-corrected chi connectivity index (χ2v) is 5.58. The Labute approximate surface area is 128 Å². The average molecular weight is 385 g/mol. The quantitative estimate of drug-likeness (QED) is 0.847. The number of nitrogens with one attached hydrogen (secondary N) is 1. The minimum Gasteiger partial charge on any atom is -0.495 e. The molecule has 0 aromatic heterocycles. The van der Waals surface area contributed by atoms with Gasteiger partial charge in [0.05, 0.1) is 11.6 Å². The van der Waals surface area contributed by atoms with E-state index in [0.717, 1.165) is 8.95 Å².